The highest BCUT2D eigenvalue weighted by Gasteiger charge is 2.20. The van der Waals surface area contributed by atoms with Crippen LogP contribution in [0.3, 0.4) is 0 Å². The van der Waals surface area contributed by atoms with Crippen molar-refractivity contribution in [1.82, 2.24) is 14.3 Å². The van der Waals surface area contributed by atoms with Gasteiger partial charge in [-0.1, -0.05) is 6.07 Å². The van der Waals surface area contributed by atoms with Gasteiger partial charge in [0.15, 0.2) is 0 Å². The zero-order valence-electron chi connectivity index (χ0n) is 12.5. The summed E-state index contributed by atoms with van der Waals surface area (Å²) in [5, 5.41) is 0. The summed E-state index contributed by atoms with van der Waals surface area (Å²) >= 11 is 0. The van der Waals surface area contributed by atoms with Crippen LogP contribution >= 0.6 is 0 Å². The first-order valence-corrected chi connectivity index (χ1v) is 7.55. The summed E-state index contributed by atoms with van der Waals surface area (Å²) in [5.74, 6) is 1.40. The molecule has 0 bridgehead atoms. The van der Waals surface area contributed by atoms with Gasteiger partial charge < -0.3 is 15.0 Å². The van der Waals surface area contributed by atoms with Crippen LogP contribution in [0.25, 0.3) is 5.52 Å². The molecule has 2 aromatic heterocycles. The maximum absolute atomic E-state index is 11.2. The molecule has 1 aliphatic heterocycles. The van der Waals surface area contributed by atoms with Gasteiger partial charge in [-0.2, -0.15) is 0 Å². The minimum atomic E-state index is -0.329. The summed E-state index contributed by atoms with van der Waals surface area (Å²) < 4.78 is 2.11. The number of amides is 1. The number of hydrogen-bond acceptors (Lipinski definition) is 3. The zero-order valence-corrected chi connectivity index (χ0v) is 12.5. The van der Waals surface area contributed by atoms with Crippen molar-refractivity contribution in [2.24, 2.45) is 11.7 Å². The number of primary amides is 1. The van der Waals surface area contributed by atoms with Gasteiger partial charge in [-0.15, -0.1) is 0 Å². The van der Waals surface area contributed by atoms with Crippen LogP contribution in [0, 0.1) is 5.92 Å². The largest absolute Gasteiger partial charge is 0.369 e. The second-order valence-electron chi connectivity index (χ2n) is 6.02. The lowest BCUT2D eigenvalue weighted by Crippen LogP contribution is -2.31. The SMILES string of the molecule is CN1CCC(Cc2nc(CC(N)=O)c3ccccn23)CC1. The summed E-state index contributed by atoms with van der Waals surface area (Å²) in [7, 11) is 2.17. The van der Waals surface area contributed by atoms with Gasteiger partial charge in [0.1, 0.15) is 5.82 Å². The molecule has 3 rings (SSSR count). The Bertz CT molecular complexity index is 641. The Labute approximate surface area is 124 Å². The Morgan fingerprint density at radius 3 is 2.86 bits per heavy atom. The number of likely N-dealkylation sites (tertiary alicyclic amines) is 1. The molecule has 1 aliphatic rings. The monoisotopic (exact) mass is 286 g/mol. The molecule has 2 aromatic rings. The van der Waals surface area contributed by atoms with Crippen molar-refractivity contribution in [3.8, 4) is 0 Å². The lowest BCUT2D eigenvalue weighted by atomic mass is 9.93. The van der Waals surface area contributed by atoms with E-state index in [1.165, 1.54) is 12.8 Å². The van der Waals surface area contributed by atoms with Gasteiger partial charge in [-0.25, -0.2) is 4.98 Å². The number of nitrogens with zero attached hydrogens (tertiary/aromatic N) is 3. The van der Waals surface area contributed by atoms with E-state index in [-0.39, 0.29) is 12.3 Å². The molecule has 0 atom stereocenters. The third kappa shape index (κ3) is 3.08. The minimum Gasteiger partial charge on any atom is -0.369 e. The van der Waals surface area contributed by atoms with Crippen molar-refractivity contribution in [2.45, 2.75) is 25.7 Å². The highest BCUT2D eigenvalue weighted by molar-refractivity contribution is 5.78. The Hall–Kier alpha value is -1.88. The molecule has 5 heteroatoms. The fourth-order valence-corrected chi connectivity index (χ4v) is 3.13. The Balaban J connectivity index is 1.86. The second kappa shape index (κ2) is 5.85. The maximum atomic E-state index is 11.2. The van der Waals surface area contributed by atoms with Crippen molar-refractivity contribution >= 4 is 11.4 Å². The lowest BCUT2D eigenvalue weighted by Gasteiger charge is -2.28. The molecule has 1 saturated heterocycles. The van der Waals surface area contributed by atoms with Crippen molar-refractivity contribution < 1.29 is 4.79 Å². The van der Waals surface area contributed by atoms with Crippen molar-refractivity contribution in [2.75, 3.05) is 20.1 Å². The van der Waals surface area contributed by atoms with Crippen molar-refractivity contribution in [3.63, 3.8) is 0 Å². The molecule has 0 spiro atoms. The summed E-state index contributed by atoms with van der Waals surface area (Å²) in [6.45, 7) is 2.31. The molecule has 0 aromatic carbocycles. The Kier molecular flexibility index (Phi) is 3.92. The first-order valence-electron chi connectivity index (χ1n) is 7.55. The van der Waals surface area contributed by atoms with Crippen LogP contribution in [0.1, 0.15) is 24.4 Å². The number of carbonyl (C=O) groups excluding carboxylic acids is 1. The average Bonchev–Trinajstić information content (AvgIpc) is 2.79. The minimum absolute atomic E-state index is 0.209. The van der Waals surface area contributed by atoms with Gasteiger partial charge in [-0.3, -0.25) is 4.79 Å². The number of fused-ring (bicyclic) bond motifs is 1. The second-order valence-corrected chi connectivity index (χ2v) is 6.02. The molecule has 1 fully saturated rings. The number of piperidine rings is 1. The standard InChI is InChI=1S/C16H22N4O/c1-19-8-5-12(6-9-19)10-16-18-13(11-15(17)21)14-4-2-3-7-20(14)16/h2-4,7,12H,5-6,8-11H2,1H3,(H2,17,21). The molecule has 0 radical (unpaired) electrons. The number of aromatic nitrogens is 2. The normalized spacial score (nSPS) is 17.4. The topological polar surface area (TPSA) is 63.6 Å². The van der Waals surface area contributed by atoms with Crippen LogP contribution in [0.15, 0.2) is 24.4 Å². The van der Waals surface area contributed by atoms with Crippen LogP contribution in [-0.2, 0) is 17.6 Å². The van der Waals surface area contributed by atoms with E-state index in [0.717, 1.165) is 36.5 Å². The van der Waals surface area contributed by atoms with Gasteiger partial charge in [-0.05, 0) is 51.0 Å². The molecule has 112 valence electrons. The Morgan fingerprint density at radius 2 is 2.14 bits per heavy atom. The van der Waals surface area contributed by atoms with Gasteiger partial charge in [0.05, 0.1) is 17.6 Å². The highest BCUT2D eigenvalue weighted by atomic mass is 16.1. The summed E-state index contributed by atoms with van der Waals surface area (Å²) in [6.07, 6.45) is 5.63. The van der Waals surface area contributed by atoms with Gasteiger partial charge in [0, 0.05) is 12.6 Å². The first-order chi connectivity index (χ1) is 10.1. The van der Waals surface area contributed by atoms with E-state index in [1.54, 1.807) is 0 Å². The van der Waals surface area contributed by atoms with E-state index in [2.05, 4.69) is 16.3 Å². The molecule has 5 nitrogen and oxygen atoms in total. The fraction of sp³-hybridized carbons (Fsp3) is 0.500. The highest BCUT2D eigenvalue weighted by Crippen LogP contribution is 2.22. The summed E-state index contributed by atoms with van der Waals surface area (Å²) in [6, 6.07) is 5.98. The smallest absolute Gasteiger partial charge is 0.223 e. The van der Waals surface area contributed by atoms with Crippen LogP contribution in [0.5, 0.6) is 0 Å². The molecule has 0 saturated carbocycles. The van der Waals surface area contributed by atoms with Gasteiger partial charge in [0.2, 0.25) is 5.91 Å². The van der Waals surface area contributed by atoms with E-state index < -0.39 is 0 Å². The summed E-state index contributed by atoms with van der Waals surface area (Å²) in [4.78, 5) is 18.3. The predicted octanol–water partition coefficient (Wildman–Crippen LogP) is 1.25. The van der Waals surface area contributed by atoms with E-state index in [4.69, 9.17) is 10.7 Å². The number of pyridine rings is 1. The van der Waals surface area contributed by atoms with Crippen LogP contribution in [0.4, 0.5) is 0 Å². The van der Waals surface area contributed by atoms with E-state index >= 15 is 0 Å². The molecular weight excluding hydrogens is 264 g/mol. The third-order valence-corrected chi connectivity index (χ3v) is 4.35. The Morgan fingerprint density at radius 1 is 1.38 bits per heavy atom. The van der Waals surface area contributed by atoms with E-state index in [1.807, 2.05) is 24.4 Å². The number of nitrogens with two attached hydrogens (primary N) is 1. The van der Waals surface area contributed by atoms with Crippen LogP contribution in [0.2, 0.25) is 0 Å². The molecule has 0 unspecified atom stereocenters. The molecular formula is C16H22N4O. The molecule has 3 heterocycles. The molecule has 21 heavy (non-hydrogen) atoms. The fourth-order valence-electron chi connectivity index (χ4n) is 3.13. The molecule has 0 aliphatic carbocycles. The van der Waals surface area contributed by atoms with Crippen molar-refractivity contribution in [3.05, 3.63) is 35.9 Å². The van der Waals surface area contributed by atoms with Crippen molar-refractivity contribution in [1.29, 1.82) is 0 Å². The van der Waals surface area contributed by atoms with Crippen LogP contribution in [-0.4, -0.2) is 40.3 Å². The van der Waals surface area contributed by atoms with E-state index in [0.29, 0.717) is 5.92 Å². The number of imidazole rings is 1. The third-order valence-electron chi connectivity index (χ3n) is 4.35. The number of hydrogen-bond donors (Lipinski definition) is 1. The first kappa shape index (κ1) is 14.1. The lowest BCUT2D eigenvalue weighted by molar-refractivity contribution is -0.117. The average molecular weight is 286 g/mol. The van der Waals surface area contributed by atoms with Gasteiger partial charge in [0.25, 0.3) is 0 Å². The predicted molar refractivity (Wildman–Crippen MR) is 82.0 cm³/mol. The van der Waals surface area contributed by atoms with Gasteiger partial charge >= 0.3 is 0 Å². The van der Waals surface area contributed by atoms with Crippen LogP contribution < -0.4 is 5.73 Å². The number of rotatable bonds is 4. The molecule has 1 amide bonds. The molecule has 2 N–H and O–H groups in total. The number of carbonyl (C=O) groups is 1. The summed E-state index contributed by atoms with van der Waals surface area (Å²) in [5.41, 5.74) is 7.13. The zero-order chi connectivity index (χ0) is 14.8. The quantitative estimate of drug-likeness (QED) is 0.920. The van der Waals surface area contributed by atoms with E-state index in [9.17, 15) is 4.79 Å². The maximum Gasteiger partial charge on any atom is 0.223 e.